The number of ether oxygens (including phenoxy) is 3. The van der Waals surface area contributed by atoms with Gasteiger partial charge in [-0.1, -0.05) is 35.7 Å². The third kappa shape index (κ3) is 10.4. The zero-order valence-electron chi connectivity index (χ0n) is 19.8. The monoisotopic (exact) mass is 501 g/mol. The summed E-state index contributed by atoms with van der Waals surface area (Å²) in [6.07, 6.45) is 4.92. The minimum Gasteiger partial charge on any atom is -0.377 e. The van der Waals surface area contributed by atoms with Crippen LogP contribution in [0.4, 0.5) is 0 Å². The van der Waals surface area contributed by atoms with E-state index in [2.05, 4.69) is 11.2 Å². The van der Waals surface area contributed by atoms with Gasteiger partial charge < -0.3 is 19.5 Å². The Morgan fingerprint density at radius 1 is 0.857 bits per heavy atom. The molecule has 0 spiro atoms. The van der Waals surface area contributed by atoms with Gasteiger partial charge in [-0.25, -0.2) is 8.42 Å². The highest BCUT2D eigenvalue weighted by molar-refractivity contribution is 7.91. The predicted octanol–water partition coefficient (Wildman–Crippen LogP) is 2.45. The fourth-order valence-corrected chi connectivity index (χ4v) is 4.19. The molecule has 188 valence electrons. The van der Waals surface area contributed by atoms with Crippen LogP contribution in [-0.4, -0.2) is 72.0 Å². The maximum Gasteiger partial charge on any atom is 0.251 e. The molecule has 9 heteroatoms. The van der Waals surface area contributed by atoms with Crippen molar-refractivity contribution in [3.8, 4) is 12.3 Å². The van der Waals surface area contributed by atoms with Crippen molar-refractivity contribution in [1.82, 2.24) is 5.32 Å². The number of carbonyl (C=O) groups excluding carboxylic acids is 2. The molecule has 0 aliphatic rings. The Morgan fingerprint density at radius 2 is 1.43 bits per heavy atom. The molecule has 0 saturated carbocycles. The van der Waals surface area contributed by atoms with E-state index in [0.29, 0.717) is 50.7 Å². The summed E-state index contributed by atoms with van der Waals surface area (Å²) in [6, 6.07) is 12.7. The van der Waals surface area contributed by atoms with E-state index in [-0.39, 0.29) is 35.4 Å². The molecule has 1 N–H and O–H groups in total. The number of ketones is 1. The lowest BCUT2D eigenvalue weighted by Crippen LogP contribution is -2.27. The van der Waals surface area contributed by atoms with Gasteiger partial charge in [-0.2, -0.15) is 0 Å². The summed E-state index contributed by atoms with van der Waals surface area (Å²) >= 11 is 0. The van der Waals surface area contributed by atoms with Gasteiger partial charge in [0.05, 0.1) is 43.7 Å². The second-order valence-corrected chi connectivity index (χ2v) is 9.73. The van der Waals surface area contributed by atoms with Gasteiger partial charge in [-0.05, 0) is 31.2 Å². The van der Waals surface area contributed by atoms with E-state index >= 15 is 0 Å². The number of terminal acetylenes is 1. The van der Waals surface area contributed by atoms with Gasteiger partial charge in [0.15, 0.2) is 15.6 Å². The summed E-state index contributed by atoms with van der Waals surface area (Å²) in [6.45, 7) is 4.45. The van der Waals surface area contributed by atoms with Crippen molar-refractivity contribution < 1.29 is 32.2 Å². The van der Waals surface area contributed by atoms with Crippen LogP contribution in [0.3, 0.4) is 0 Å². The average Bonchev–Trinajstić information content (AvgIpc) is 2.86. The molecule has 0 fully saturated rings. The third-order valence-electron chi connectivity index (χ3n) is 4.91. The van der Waals surface area contributed by atoms with Crippen LogP contribution in [0.1, 0.15) is 32.7 Å². The summed E-state index contributed by atoms with van der Waals surface area (Å²) in [5, 5.41) is 2.73. The standard InChI is InChI=1S/C26H31NO7S/c1-3-14-32-16-18-34-19-17-33-15-13-27-26(29)23-8-6-22(7-9-23)25(28)12-20-35(30,31)24-10-4-21(2)5-11-24/h1,4-11H,12-20H2,2H3,(H,27,29). The first-order valence-corrected chi connectivity index (χ1v) is 12.9. The van der Waals surface area contributed by atoms with Gasteiger partial charge in [0, 0.05) is 24.1 Å². The van der Waals surface area contributed by atoms with E-state index < -0.39 is 9.84 Å². The molecule has 0 heterocycles. The van der Waals surface area contributed by atoms with Crippen LogP contribution in [-0.2, 0) is 24.0 Å². The van der Waals surface area contributed by atoms with Gasteiger partial charge in [0.25, 0.3) is 5.91 Å². The number of benzene rings is 2. The summed E-state index contributed by atoms with van der Waals surface area (Å²) in [7, 11) is -3.54. The molecule has 0 bridgehead atoms. The van der Waals surface area contributed by atoms with E-state index in [1.54, 1.807) is 24.3 Å². The van der Waals surface area contributed by atoms with Crippen molar-refractivity contribution in [2.75, 3.05) is 51.9 Å². The van der Waals surface area contributed by atoms with Crippen molar-refractivity contribution in [1.29, 1.82) is 0 Å². The molecule has 1 amide bonds. The molecule has 0 saturated heterocycles. The zero-order chi connectivity index (χ0) is 25.5. The molecule has 0 aromatic heterocycles. The highest BCUT2D eigenvalue weighted by Gasteiger charge is 2.17. The van der Waals surface area contributed by atoms with Gasteiger partial charge in [0.2, 0.25) is 0 Å². The molecule has 0 radical (unpaired) electrons. The number of hydrogen-bond donors (Lipinski definition) is 1. The summed E-state index contributed by atoms with van der Waals surface area (Å²) in [5.74, 6) is 1.49. The number of hydrogen-bond acceptors (Lipinski definition) is 7. The SMILES string of the molecule is C#CCOCCOCCOCCNC(=O)c1ccc(C(=O)CCS(=O)(=O)c2ccc(C)cc2)cc1. The van der Waals surface area contributed by atoms with Crippen LogP contribution in [0.15, 0.2) is 53.4 Å². The Morgan fingerprint density at radius 3 is 2.06 bits per heavy atom. The van der Waals surface area contributed by atoms with Crippen molar-refractivity contribution in [2.24, 2.45) is 0 Å². The molecular formula is C26H31NO7S. The smallest absolute Gasteiger partial charge is 0.251 e. The van der Waals surface area contributed by atoms with E-state index in [1.807, 2.05) is 6.92 Å². The Hall–Kier alpha value is -3.03. The first kappa shape index (κ1) is 28.2. The predicted molar refractivity (Wildman–Crippen MR) is 132 cm³/mol. The number of rotatable bonds is 16. The van der Waals surface area contributed by atoms with Gasteiger partial charge >= 0.3 is 0 Å². The quantitative estimate of drug-likeness (QED) is 0.214. The van der Waals surface area contributed by atoms with Crippen LogP contribution in [0.25, 0.3) is 0 Å². The molecule has 2 rings (SSSR count). The number of nitrogens with one attached hydrogen (secondary N) is 1. The maximum atomic E-state index is 12.4. The Bertz CT molecular complexity index is 1090. The minimum absolute atomic E-state index is 0.138. The fourth-order valence-electron chi connectivity index (χ4n) is 2.95. The number of sulfone groups is 1. The molecule has 0 aliphatic carbocycles. The summed E-state index contributed by atoms with van der Waals surface area (Å²) < 4.78 is 40.6. The molecule has 0 aliphatic heterocycles. The number of carbonyl (C=O) groups is 2. The normalized spacial score (nSPS) is 11.1. The number of Topliss-reactive ketones (excluding diaryl/α,β-unsaturated/α-hetero) is 1. The van der Waals surface area contributed by atoms with E-state index in [9.17, 15) is 18.0 Å². The van der Waals surface area contributed by atoms with Crippen LogP contribution in [0, 0.1) is 19.3 Å². The first-order valence-electron chi connectivity index (χ1n) is 11.2. The highest BCUT2D eigenvalue weighted by Crippen LogP contribution is 2.15. The van der Waals surface area contributed by atoms with E-state index in [4.69, 9.17) is 20.6 Å². The molecular weight excluding hydrogens is 470 g/mol. The number of amides is 1. The third-order valence-corrected chi connectivity index (χ3v) is 6.64. The van der Waals surface area contributed by atoms with Crippen LogP contribution in [0.2, 0.25) is 0 Å². The van der Waals surface area contributed by atoms with Gasteiger partial charge in [-0.3, -0.25) is 9.59 Å². The Balaban J connectivity index is 1.67. The van der Waals surface area contributed by atoms with E-state index in [1.165, 1.54) is 24.3 Å². The van der Waals surface area contributed by atoms with Crippen LogP contribution >= 0.6 is 0 Å². The second-order valence-electron chi connectivity index (χ2n) is 7.62. The Kier molecular flexibility index (Phi) is 12.1. The van der Waals surface area contributed by atoms with Gasteiger partial charge in [-0.15, -0.1) is 6.42 Å². The van der Waals surface area contributed by atoms with Crippen molar-refractivity contribution in [2.45, 2.75) is 18.2 Å². The average molecular weight is 502 g/mol. The zero-order valence-corrected chi connectivity index (χ0v) is 20.6. The van der Waals surface area contributed by atoms with Crippen molar-refractivity contribution >= 4 is 21.5 Å². The van der Waals surface area contributed by atoms with Crippen LogP contribution in [0.5, 0.6) is 0 Å². The fraction of sp³-hybridized carbons (Fsp3) is 0.385. The minimum atomic E-state index is -3.54. The molecule has 0 atom stereocenters. The lowest BCUT2D eigenvalue weighted by Gasteiger charge is -2.08. The highest BCUT2D eigenvalue weighted by atomic mass is 32.2. The molecule has 0 unspecified atom stereocenters. The van der Waals surface area contributed by atoms with E-state index in [0.717, 1.165) is 5.56 Å². The first-order chi connectivity index (χ1) is 16.8. The second kappa shape index (κ2) is 15.1. The summed E-state index contributed by atoms with van der Waals surface area (Å²) in [4.78, 5) is 24.9. The topological polar surface area (TPSA) is 108 Å². The molecule has 35 heavy (non-hydrogen) atoms. The lowest BCUT2D eigenvalue weighted by atomic mass is 10.1. The summed E-state index contributed by atoms with van der Waals surface area (Å²) in [5.41, 5.74) is 1.71. The largest absolute Gasteiger partial charge is 0.377 e. The maximum absolute atomic E-state index is 12.4. The lowest BCUT2D eigenvalue weighted by molar-refractivity contribution is 0.0209. The number of aryl methyl sites for hydroxylation is 1. The van der Waals surface area contributed by atoms with Crippen LogP contribution < -0.4 is 5.32 Å². The molecule has 2 aromatic rings. The van der Waals surface area contributed by atoms with Crippen molar-refractivity contribution in [3.05, 3.63) is 65.2 Å². The van der Waals surface area contributed by atoms with Crippen molar-refractivity contribution in [3.63, 3.8) is 0 Å². The molecule has 8 nitrogen and oxygen atoms in total. The Labute approximate surface area is 206 Å². The molecule has 2 aromatic carbocycles. The van der Waals surface area contributed by atoms with Gasteiger partial charge in [0.1, 0.15) is 6.61 Å².